The summed E-state index contributed by atoms with van der Waals surface area (Å²) in [4.78, 5) is 0. The van der Waals surface area contributed by atoms with E-state index in [9.17, 15) is 0 Å². The van der Waals surface area contributed by atoms with Crippen LogP contribution in [0.2, 0.25) is 0 Å². The molecule has 1 heterocycles. The third-order valence-electron chi connectivity index (χ3n) is 3.49. The van der Waals surface area contributed by atoms with Crippen LogP contribution in [0.15, 0.2) is 0 Å². The van der Waals surface area contributed by atoms with Crippen molar-refractivity contribution in [3.8, 4) is 0 Å². The molecule has 90 valence electrons. The molecule has 1 saturated heterocycles. The van der Waals surface area contributed by atoms with Gasteiger partial charge in [-0.2, -0.15) is 0 Å². The molecule has 1 rings (SSSR count). The highest BCUT2D eigenvalue weighted by atomic mass is 16.5. The number of ether oxygens (including phenoxy) is 1. The summed E-state index contributed by atoms with van der Waals surface area (Å²) in [5.74, 6) is 0. The maximum atomic E-state index is 8.68. The van der Waals surface area contributed by atoms with Gasteiger partial charge in [0.1, 0.15) is 0 Å². The molecule has 1 fully saturated rings. The Hall–Kier alpha value is -0.0800. The molecule has 0 amide bonds. The highest BCUT2D eigenvalue weighted by Crippen LogP contribution is 2.38. The topological polar surface area (TPSA) is 29.5 Å². The van der Waals surface area contributed by atoms with Gasteiger partial charge in [-0.05, 0) is 19.3 Å². The Kier molecular flexibility index (Phi) is 6.26. The Bertz CT molecular complexity index is 153. The molecular formula is C13H26O2. The Morgan fingerprint density at radius 2 is 1.67 bits per heavy atom. The molecule has 0 unspecified atom stereocenters. The fourth-order valence-corrected chi connectivity index (χ4v) is 2.32. The predicted molar refractivity (Wildman–Crippen MR) is 62.9 cm³/mol. The lowest BCUT2D eigenvalue weighted by molar-refractivity contribution is -0.123. The quantitative estimate of drug-likeness (QED) is 0.597. The first-order valence-corrected chi connectivity index (χ1v) is 6.51. The maximum absolute atomic E-state index is 8.68. The minimum atomic E-state index is 0.351. The van der Waals surface area contributed by atoms with Gasteiger partial charge in [0, 0.05) is 12.0 Å². The van der Waals surface area contributed by atoms with E-state index >= 15 is 0 Å². The van der Waals surface area contributed by atoms with Crippen LogP contribution < -0.4 is 0 Å². The summed E-state index contributed by atoms with van der Waals surface area (Å²) >= 11 is 0. The van der Waals surface area contributed by atoms with Gasteiger partial charge < -0.3 is 9.84 Å². The molecule has 1 aliphatic rings. The molecule has 0 aromatic rings. The van der Waals surface area contributed by atoms with Gasteiger partial charge in [-0.15, -0.1) is 0 Å². The Balaban J connectivity index is 2.05. The van der Waals surface area contributed by atoms with E-state index in [4.69, 9.17) is 9.84 Å². The summed E-state index contributed by atoms with van der Waals surface area (Å²) in [5.41, 5.74) is 0.537. The standard InChI is InChI=1S/C13H26O2/c1-2-3-8-13(11-15-12-13)9-6-4-5-7-10-14/h14H,2-12H2,1H3. The van der Waals surface area contributed by atoms with Gasteiger partial charge in [-0.25, -0.2) is 0 Å². The summed E-state index contributed by atoms with van der Waals surface area (Å²) in [6.07, 6.45) is 10.1. The van der Waals surface area contributed by atoms with Gasteiger partial charge in [-0.3, -0.25) is 0 Å². The van der Waals surface area contributed by atoms with Crippen LogP contribution >= 0.6 is 0 Å². The van der Waals surface area contributed by atoms with E-state index in [1.165, 1.54) is 44.9 Å². The highest BCUT2D eigenvalue weighted by Gasteiger charge is 2.36. The van der Waals surface area contributed by atoms with Crippen LogP contribution in [0.1, 0.15) is 58.3 Å². The van der Waals surface area contributed by atoms with Crippen LogP contribution in [0.3, 0.4) is 0 Å². The van der Waals surface area contributed by atoms with E-state index in [-0.39, 0.29) is 0 Å². The first-order chi connectivity index (χ1) is 7.33. The first-order valence-electron chi connectivity index (χ1n) is 6.51. The maximum Gasteiger partial charge on any atom is 0.0544 e. The van der Waals surface area contributed by atoms with Crippen molar-refractivity contribution in [3.63, 3.8) is 0 Å². The van der Waals surface area contributed by atoms with Crippen molar-refractivity contribution in [1.82, 2.24) is 0 Å². The molecule has 0 aliphatic carbocycles. The molecule has 0 atom stereocenters. The molecule has 0 spiro atoms. The largest absolute Gasteiger partial charge is 0.396 e. The zero-order valence-electron chi connectivity index (χ0n) is 10.1. The predicted octanol–water partition coefficient (Wildman–Crippen LogP) is 3.14. The second-order valence-electron chi connectivity index (χ2n) is 4.98. The summed E-state index contributed by atoms with van der Waals surface area (Å²) in [5, 5.41) is 8.68. The number of aliphatic hydroxyl groups excluding tert-OH is 1. The van der Waals surface area contributed by atoms with Crippen molar-refractivity contribution in [1.29, 1.82) is 0 Å². The highest BCUT2D eigenvalue weighted by molar-refractivity contribution is 4.85. The average Bonchev–Trinajstić information content (AvgIpc) is 2.20. The lowest BCUT2D eigenvalue weighted by Gasteiger charge is -2.42. The van der Waals surface area contributed by atoms with Crippen molar-refractivity contribution >= 4 is 0 Å². The molecule has 0 radical (unpaired) electrons. The number of unbranched alkanes of at least 4 members (excludes halogenated alkanes) is 4. The molecule has 15 heavy (non-hydrogen) atoms. The van der Waals surface area contributed by atoms with Crippen LogP contribution in [-0.2, 0) is 4.74 Å². The van der Waals surface area contributed by atoms with Crippen LogP contribution in [0, 0.1) is 5.41 Å². The van der Waals surface area contributed by atoms with E-state index < -0.39 is 0 Å². The number of hydrogen-bond acceptors (Lipinski definition) is 2. The van der Waals surface area contributed by atoms with E-state index in [1.54, 1.807) is 0 Å². The summed E-state index contributed by atoms with van der Waals surface area (Å²) < 4.78 is 5.37. The zero-order chi connectivity index (χ0) is 11.0. The average molecular weight is 214 g/mol. The molecule has 0 aromatic heterocycles. The van der Waals surface area contributed by atoms with E-state index in [0.717, 1.165) is 19.6 Å². The summed E-state index contributed by atoms with van der Waals surface area (Å²) in [6, 6.07) is 0. The lowest BCUT2D eigenvalue weighted by Crippen LogP contribution is -2.42. The Labute approximate surface area is 94.0 Å². The van der Waals surface area contributed by atoms with Crippen molar-refractivity contribution in [3.05, 3.63) is 0 Å². The van der Waals surface area contributed by atoms with Gasteiger partial charge in [0.15, 0.2) is 0 Å². The first kappa shape index (κ1) is 13.0. The summed E-state index contributed by atoms with van der Waals surface area (Å²) in [7, 11) is 0. The SMILES string of the molecule is CCCCC1(CCCCCCO)COC1. The monoisotopic (exact) mass is 214 g/mol. The second kappa shape index (κ2) is 7.24. The normalized spacial score (nSPS) is 18.8. The van der Waals surface area contributed by atoms with E-state index in [2.05, 4.69) is 6.92 Å². The van der Waals surface area contributed by atoms with Gasteiger partial charge in [0.2, 0.25) is 0 Å². The molecule has 1 N–H and O–H groups in total. The number of rotatable bonds is 9. The van der Waals surface area contributed by atoms with Crippen LogP contribution in [0.4, 0.5) is 0 Å². The minimum Gasteiger partial charge on any atom is -0.396 e. The van der Waals surface area contributed by atoms with Gasteiger partial charge in [0.05, 0.1) is 13.2 Å². The van der Waals surface area contributed by atoms with Gasteiger partial charge >= 0.3 is 0 Å². The van der Waals surface area contributed by atoms with Crippen molar-refractivity contribution < 1.29 is 9.84 Å². The molecule has 0 aromatic carbocycles. The fraction of sp³-hybridized carbons (Fsp3) is 1.00. The third kappa shape index (κ3) is 4.52. The number of aliphatic hydroxyl groups is 1. The number of hydrogen-bond donors (Lipinski definition) is 1. The summed E-state index contributed by atoms with van der Waals surface area (Å²) in [6.45, 7) is 4.60. The molecular weight excluding hydrogens is 188 g/mol. The van der Waals surface area contributed by atoms with Crippen molar-refractivity contribution in [2.75, 3.05) is 19.8 Å². The van der Waals surface area contributed by atoms with Crippen molar-refractivity contribution in [2.24, 2.45) is 5.41 Å². The van der Waals surface area contributed by atoms with Gasteiger partial charge in [0.25, 0.3) is 0 Å². The lowest BCUT2D eigenvalue weighted by atomic mass is 9.76. The van der Waals surface area contributed by atoms with Crippen LogP contribution in [-0.4, -0.2) is 24.9 Å². The Morgan fingerprint density at radius 3 is 2.20 bits per heavy atom. The minimum absolute atomic E-state index is 0.351. The van der Waals surface area contributed by atoms with Crippen LogP contribution in [0.5, 0.6) is 0 Å². The molecule has 2 heteroatoms. The molecule has 0 saturated carbocycles. The molecule has 0 bridgehead atoms. The third-order valence-corrected chi connectivity index (χ3v) is 3.49. The fourth-order valence-electron chi connectivity index (χ4n) is 2.32. The van der Waals surface area contributed by atoms with Crippen molar-refractivity contribution in [2.45, 2.75) is 58.3 Å². The Morgan fingerprint density at radius 1 is 1.00 bits per heavy atom. The molecule has 2 nitrogen and oxygen atoms in total. The van der Waals surface area contributed by atoms with Gasteiger partial charge in [-0.1, -0.05) is 39.0 Å². The smallest absolute Gasteiger partial charge is 0.0544 e. The van der Waals surface area contributed by atoms with E-state index in [0.29, 0.717) is 12.0 Å². The second-order valence-corrected chi connectivity index (χ2v) is 4.98. The zero-order valence-corrected chi connectivity index (χ0v) is 10.1. The molecule has 1 aliphatic heterocycles. The van der Waals surface area contributed by atoms with Crippen LogP contribution in [0.25, 0.3) is 0 Å². The van der Waals surface area contributed by atoms with E-state index in [1.807, 2.05) is 0 Å².